The molecule has 4 aliphatic rings. The number of amidine groups is 1. The highest BCUT2D eigenvalue weighted by atomic mass is 127. The van der Waals surface area contributed by atoms with Crippen molar-refractivity contribution in [2.45, 2.75) is 50.5 Å². The number of piperidine rings is 1. The molecule has 3 heterocycles. The summed E-state index contributed by atoms with van der Waals surface area (Å²) in [5.74, 6) is 2.66. The molecule has 194 valence electrons. The molecule has 1 saturated carbocycles. The molecule has 3 aliphatic heterocycles. The zero-order chi connectivity index (χ0) is 26.1. The Morgan fingerprint density at radius 1 is 1.03 bits per heavy atom. The van der Waals surface area contributed by atoms with Crippen LogP contribution in [0.1, 0.15) is 55.6 Å². The normalized spacial score (nSPS) is 22.2. The average molecular weight is 618 g/mol. The zero-order valence-corrected chi connectivity index (χ0v) is 23.5. The number of aromatic hydroxyl groups is 1. The smallest absolute Gasteiger partial charge is 0.230 e. The Kier molecular flexibility index (Phi) is 7.41. The minimum Gasteiger partial charge on any atom is -0.507 e. The lowest BCUT2D eigenvalue weighted by Crippen LogP contribution is -2.44. The van der Waals surface area contributed by atoms with Gasteiger partial charge in [0.1, 0.15) is 25.3 Å². The second kappa shape index (κ2) is 11.1. The lowest BCUT2D eigenvalue weighted by Gasteiger charge is -2.36. The Labute approximate surface area is 236 Å². The second-order valence-corrected chi connectivity index (χ2v) is 12.6. The monoisotopic (exact) mass is 618 g/mol. The maximum atomic E-state index is 13.8. The van der Waals surface area contributed by atoms with Crippen LogP contribution in [0.3, 0.4) is 0 Å². The fraction of sp³-hybridized carbons (Fsp3) is 0.367. The number of nitrogens with one attached hydrogen (secondary N) is 1. The third-order valence-electron chi connectivity index (χ3n) is 8.04. The molecule has 6 rings (SSSR count). The van der Waals surface area contributed by atoms with Crippen LogP contribution < -0.4 is 5.32 Å². The number of halogens is 1. The largest absolute Gasteiger partial charge is 0.507 e. The van der Waals surface area contributed by atoms with Gasteiger partial charge in [-0.3, -0.25) is 12.9 Å². The first kappa shape index (κ1) is 25.4. The number of para-hydroxylation sites is 1. The first-order valence-corrected chi connectivity index (χ1v) is 15.7. The number of rotatable bonds is 5. The van der Waals surface area contributed by atoms with Gasteiger partial charge in [0.25, 0.3) is 0 Å². The molecular formula is C30H32BIN4O2. The highest BCUT2D eigenvalue weighted by Crippen LogP contribution is 2.39. The van der Waals surface area contributed by atoms with E-state index in [0.717, 1.165) is 72.7 Å². The van der Waals surface area contributed by atoms with Crippen molar-refractivity contribution in [2.75, 3.05) is 13.1 Å². The average Bonchev–Trinajstić information content (AvgIpc) is 3.61. The molecule has 0 aromatic heterocycles. The van der Waals surface area contributed by atoms with Gasteiger partial charge in [0.15, 0.2) is 0 Å². The number of carbonyl (C=O) groups is 1. The van der Waals surface area contributed by atoms with Crippen molar-refractivity contribution in [3.63, 3.8) is 0 Å². The number of hydrogen-bond acceptors (Lipinski definition) is 4. The Morgan fingerprint density at radius 2 is 1.74 bits per heavy atom. The van der Waals surface area contributed by atoms with E-state index in [4.69, 9.17) is 12.8 Å². The van der Waals surface area contributed by atoms with Gasteiger partial charge in [0, 0.05) is 45.7 Å². The van der Waals surface area contributed by atoms with Gasteiger partial charge in [-0.1, -0.05) is 55.3 Å². The van der Waals surface area contributed by atoms with Crippen LogP contribution in [0.4, 0.5) is 0 Å². The summed E-state index contributed by atoms with van der Waals surface area (Å²) in [6.07, 6.45) is 8.45. The maximum Gasteiger partial charge on any atom is 0.230 e. The highest BCUT2D eigenvalue weighted by Gasteiger charge is 2.36. The molecule has 1 unspecified atom stereocenters. The summed E-state index contributed by atoms with van der Waals surface area (Å²) in [5.41, 5.74) is 3.41. The molecule has 38 heavy (non-hydrogen) atoms. The van der Waals surface area contributed by atoms with Gasteiger partial charge in [0.05, 0.1) is 17.7 Å². The number of aliphatic imine (C=N–C) groups is 1. The van der Waals surface area contributed by atoms with E-state index in [0.29, 0.717) is 5.92 Å². The Morgan fingerprint density at radius 3 is 2.47 bits per heavy atom. The number of phenols is 1. The third-order valence-corrected chi connectivity index (χ3v) is 10.5. The van der Waals surface area contributed by atoms with Crippen LogP contribution in [0.25, 0.3) is 5.70 Å². The van der Waals surface area contributed by atoms with Crippen molar-refractivity contribution in [1.29, 1.82) is 0 Å². The summed E-state index contributed by atoms with van der Waals surface area (Å²) < 4.78 is 4.28. The van der Waals surface area contributed by atoms with Gasteiger partial charge in [-0.05, 0) is 58.8 Å². The van der Waals surface area contributed by atoms with Crippen molar-refractivity contribution in [2.24, 2.45) is 10.9 Å². The van der Waals surface area contributed by atoms with Crippen LogP contribution >= 0.6 is 21.0 Å². The van der Waals surface area contributed by atoms with E-state index in [1.807, 2.05) is 30.3 Å². The van der Waals surface area contributed by atoms with E-state index in [-0.39, 0.29) is 23.6 Å². The molecule has 2 aromatic carbocycles. The van der Waals surface area contributed by atoms with Crippen LogP contribution in [0.5, 0.6) is 5.75 Å². The van der Waals surface area contributed by atoms with E-state index < -0.39 is 21.0 Å². The number of carbonyl (C=O) groups excluding carboxylic acids is 1. The summed E-state index contributed by atoms with van der Waals surface area (Å²) in [6.45, 7) is 1.47. The number of phenolic OH excluding ortho intramolecular Hbond substituents is 1. The van der Waals surface area contributed by atoms with Gasteiger partial charge < -0.3 is 15.3 Å². The van der Waals surface area contributed by atoms with E-state index >= 15 is 0 Å². The fourth-order valence-electron chi connectivity index (χ4n) is 6.05. The molecule has 2 radical (unpaired) electrons. The maximum absolute atomic E-state index is 13.8. The summed E-state index contributed by atoms with van der Waals surface area (Å²) in [6, 6.07) is 17.8. The van der Waals surface area contributed by atoms with Crippen molar-refractivity contribution in [1.82, 2.24) is 13.3 Å². The van der Waals surface area contributed by atoms with E-state index in [1.165, 1.54) is 12.8 Å². The predicted molar refractivity (Wildman–Crippen MR) is 162 cm³/mol. The van der Waals surface area contributed by atoms with Gasteiger partial charge in [-0.15, -0.1) is 0 Å². The van der Waals surface area contributed by atoms with Crippen LogP contribution in [-0.4, -0.2) is 55.9 Å². The van der Waals surface area contributed by atoms with Crippen molar-refractivity contribution >= 4 is 50.3 Å². The number of fused-ring (bicyclic) bond motifs is 1. The highest BCUT2D eigenvalue weighted by molar-refractivity contribution is 14.2. The van der Waals surface area contributed by atoms with Crippen molar-refractivity contribution in [3.8, 4) is 5.75 Å². The Bertz CT molecular complexity index is 1320. The van der Waals surface area contributed by atoms with Gasteiger partial charge in [0.2, 0.25) is 5.91 Å². The minimum absolute atomic E-state index is 0.0319. The van der Waals surface area contributed by atoms with Crippen LogP contribution in [0, 0.1) is 5.92 Å². The van der Waals surface area contributed by atoms with Gasteiger partial charge >= 0.3 is 0 Å². The molecule has 0 spiro atoms. The van der Waals surface area contributed by atoms with Crippen LogP contribution in [0.15, 0.2) is 77.0 Å². The number of benzene rings is 2. The second-order valence-electron chi connectivity index (χ2n) is 10.5. The number of hydrogen-bond donors (Lipinski definition) is 2. The minimum atomic E-state index is -0.442. The third kappa shape index (κ3) is 5.07. The molecule has 1 aliphatic carbocycles. The Balaban J connectivity index is 1.20. The SMILES string of the molecule is [B]C1=C2NC(c3ccccc3O)=CC(=NC3CCN(C(=O)C(c4ccccc4)C4CCCC4)CC3)N2I=C1. The van der Waals surface area contributed by atoms with Crippen LogP contribution in [-0.2, 0) is 4.79 Å². The van der Waals surface area contributed by atoms with E-state index in [9.17, 15) is 9.90 Å². The first-order valence-electron chi connectivity index (χ1n) is 13.5. The van der Waals surface area contributed by atoms with Crippen molar-refractivity contribution in [3.05, 3.63) is 83.1 Å². The molecule has 1 amide bonds. The van der Waals surface area contributed by atoms with Crippen molar-refractivity contribution < 1.29 is 9.90 Å². The number of likely N-dealkylation sites (tertiary alicyclic amines) is 1. The summed E-state index contributed by atoms with van der Waals surface area (Å²) >= 11 is -0.442. The van der Waals surface area contributed by atoms with Gasteiger partial charge in [-0.2, -0.15) is 0 Å². The summed E-state index contributed by atoms with van der Waals surface area (Å²) in [4.78, 5) is 21.1. The topological polar surface area (TPSA) is 68.2 Å². The predicted octanol–water partition coefficient (Wildman–Crippen LogP) is 5.04. The fourth-order valence-corrected chi connectivity index (χ4v) is 8.15. The standard InChI is InChI=1S/C30H32BIN4O2/c31-24-19-32-36-27(18-25(34-29(24)36)23-12-6-7-13-26(23)37)33-22-14-16-35(17-15-22)30(38)28(21-10-4-5-11-21)20-8-2-1-3-9-20/h1-3,6-9,12-13,18-19,21-22,28,34,37H,4-5,10-11,14-17H2. The quantitative estimate of drug-likeness (QED) is 0.280. The number of allylic oxidation sites excluding steroid dienone is 1. The number of nitrogens with zero attached hydrogens (tertiary/aromatic N) is 3. The number of amides is 1. The molecule has 0 bridgehead atoms. The lowest BCUT2D eigenvalue weighted by molar-refractivity contribution is -0.135. The molecule has 6 nitrogen and oxygen atoms in total. The lowest BCUT2D eigenvalue weighted by atomic mass is 9.83. The molecular weight excluding hydrogens is 586 g/mol. The van der Waals surface area contributed by atoms with Gasteiger partial charge in [-0.25, -0.2) is 0 Å². The summed E-state index contributed by atoms with van der Waals surface area (Å²) in [5, 5.41) is 13.9. The zero-order valence-electron chi connectivity index (χ0n) is 21.4. The van der Waals surface area contributed by atoms with Crippen LogP contribution in [0.2, 0.25) is 0 Å². The molecule has 2 N–H and O–H groups in total. The Hall–Kier alpha value is -2.88. The molecule has 2 aromatic rings. The molecule has 1 atom stereocenters. The molecule has 8 heteroatoms. The molecule has 2 fully saturated rings. The molecule has 1 saturated heterocycles. The summed E-state index contributed by atoms with van der Waals surface area (Å²) in [7, 11) is 6.30. The van der Waals surface area contributed by atoms with E-state index in [2.05, 4.69) is 41.6 Å². The first-order chi connectivity index (χ1) is 18.6. The van der Waals surface area contributed by atoms with E-state index in [1.54, 1.807) is 6.07 Å².